The van der Waals surface area contributed by atoms with Crippen LogP contribution in [0.15, 0.2) is 30.3 Å². The zero-order chi connectivity index (χ0) is 18.6. The lowest BCUT2D eigenvalue weighted by molar-refractivity contribution is 0.0784. The van der Waals surface area contributed by atoms with Gasteiger partial charge in [0.1, 0.15) is 11.5 Å². The first-order valence-corrected chi connectivity index (χ1v) is 7.71. The Bertz CT molecular complexity index is 751. The summed E-state index contributed by atoms with van der Waals surface area (Å²) < 4.78 is 29.3. The SMILES string of the molecule is COc1ccc(CN(C)C(=O)c2cc(OC)c(C)c(OC)c2)cc1F. The zero-order valence-electron chi connectivity index (χ0n) is 15.1. The van der Waals surface area contributed by atoms with Gasteiger partial charge in [-0.25, -0.2) is 4.39 Å². The maximum absolute atomic E-state index is 13.8. The van der Waals surface area contributed by atoms with E-state index in [0.717, 1.165) is 5.56 Å². The lowest BCUT2D eigenvalue weighted by atomic mass is 10.1. The Hall–Kier alpha value is -2.76. The highest BCUT2D eigenvalue weighted by Gasteiger charge is 2.17. The van der Waals surface area contributed by atoms with E-state index in [1.54, 1.807) is 45.5 Å². The maximum atomic E-state index is 13.8. The van der Waals surface area contributed by atoms with Crippen LogP contribution in [0.3, 0.4) is 0 Å². The minimum absolute atomic E-state index is 0.172. The Kier molecular flexibility index (Phi) is 5.85. The van der Waals surface area contributed by atoms with Crippen LogP contribution in [0.5, 0.6) is 17.2 Å². The fourth-order valence-electron chi connectivity index (χ4n) is 2.58. The number of amides is 1. The number of hydrogen-bond acceptors (Lipinski definition) is 4. The van der Waals surface area contributed by atoms with E-state index < -0.39 is 5.82 Å². The van der Waals surface area contributed by atoms with Crippen molar-refractivity contribution in [1.29, 1.82) is 0 Å². The molecule has 25 heavy (non-hydrogen) atoms. The van der Waals surface area contributed by atoms with Crippen LogP contribution in [-0.2, 0) is 6.54 Å². The monoisotopic (exact) mass is 347 g/mol. The molecule has 0 saturated heterocycles. The summed E-state index contributed by atoms with van der Waals surface area (Å²) in [5.41, 5.74) is 1.93. The van der Waals surface area contributed by atoms with Crippen LogP contribution in [0.4, 0.5) is 4.39 Å². The Balaban J connectivity index is 2.23. The molecule has 0 aliphatic rings. The van der Waals surface area contributed by atoms with Crippen LogP contribution in [0, 0.1) is 12.7 Å². The molecule has 0 aliphatic heterocycles. The summed E-state index contributed by atoms with van der Waals surface area (Å²) in [6, 6.07) is 7.97. The van der Waals surface area contributed by atoms with Crippen LogP contribution in [-0.4, -0.2) is 39.2 Å². The molecule has 5 nitrogen and oxygen atoms in total. The summed E-state index contributed by atoms with van der Waals surface area (Å²) in [5.74, 6) is 0.649. The largest absolute Gasteiger partial charge is 0.496 e. The highest BCUT2D eigenvalue weighted by atomic mass is 19.1. The van der Waals surface area contributed by atoms with Gasteiger partial charge in [-0.15, -0.1) is 0 Å². The molecule has 0 spiro atoms. The molecule has 0 aliphatic carbocycles. The van der Waals surface area contributed by atoms with Crippen molar-refractivity contribution in [2.45, 2.75) is 13.5 Å². The predicted octanol–water partition coefficient (Wildman–Crippen LogP) is 3.43. The minimum Gasteiger partial charge on any atom is -0.496 e. The van der Waals surface area contributed by atoms with Crippen molar-refractivity contribution < 1.29 is 23.4 Å². The standard InChI is InChI=1S/C19H22FNO4/c1-12-17(24-4)9-14(10-18(12)25-5)19(22)21(2)11-13-6-7-16(23-3)15(20)8-13/h6-10H,11H2,1-5H3. The molecule has 0 aromatic heterocycles. The van der Waals surface area contributed by atoms with Gasteiger partial charge in [0.15, 0.2) is 11.6 Å². The Morgan fingerprint density at radius 2 is 1.56 bits per heavy atom. The van der Waals surface area contributed by atoms with Gasteiger partial charge < -0.3 is 19.1 Å². The molecule has 6 heteroatoms. The third kappa shape index (κ3) is 4.02. The molecule has 2 rings (SSSR count). The quantitative estimate of drug-likeness (QED) is 0.803. The van der Waals surface area contributed by atoms with Crippen LogP contribution in [0.1, 0.15) is 21.5 Å². The van der Waals surface area contributed by atoms with E-state index in [0.29, 0.717) is 22.6 Å². The molecule has 1 amide bonds. The summed E-state index contributed by atoms with van der Waals surface area (Å²) in [5, 5.41) is 0. The third-order valence-corrected chi connectivity index (χ3v) is 3.98. The van der Waals surface area contributed by atoms with Crippen molar-refractivity contribution >= 4 is 5.91 Å². The summed E-state index contributed by atoms with van der Waals surface area (Å²) in [6.45, 7) is 2.12. The number of ether oxygens (including phenoxy) is 3. The number of halogens is 1. The van der Waals surface area contributed by atoms with Gasteiger partial charge in [-0.05, 0) is 36.8 Å². The molecule has 0 bridgehead atoms. The van der Waals surface area contributed by atoms with Crippen molar-refractivity contribution in [3.05, 3.63) is 52.8 Å². The van der Waals surface area contributed by atoms with Gasteiger partial charge in [-0.3, -0.25) is 4.79 Å². The minimum atomic E-state index is -0.459. The second-order valence-corrected chi connectivity index (χ2v) is 5.64. The van der Waals surface area contributed by atoms with Crippen molar-refractivity contribution in [2.24, 2.45) is 0 Å². The van der Waals surface area contributed by atoms with Crippen molar-refractivity contribution in [2.75, 3.05) is 28.4 Å². The van der Waals surface area contributed by atoms with Crippen molar-refractivity contribution in [1.82, 2.24) is 4.90 Å². The lowest BCUT2D eigenvalue weighted by Crippen LogP contribution is -2.26. The highest BCUT2D eigenvalue weighted by molar-refractivity contribution is 5.95. The first-order chi connectivity index (χ1) is 11.9. The van der Waals surface area contributed by atoms with Gasteiger partial charge in [-0.1, -0.05) is 6.07 Å². The fraction of sp³-hybridized carbons (Fsp3) is 0.316. The smallest absolute Gasteiger partial charge is 0.254 e. The molecule has 0 unspecified atom stereocenters. The highest BCUT2D eigenvalue weighted by Crippen LogP contribution is 2.30. The van der Waals surface area contributed by atoms with Gasteiger partial charge in [0.2, 0.25) is 0 Å². The molecule has 0 atom stereocenters. The first kappa shape index (κ1) is 18.6. The molecule has 134 valence electrons. The second-order valence-electron chi connectivity index (χ2n) is 5.64. The number of methoxy groups -OCH3 is 3. The lowest BCUT2D eigenvalue weighted by Gasteiger charge is -2.19. The van der Waals surface area contributed by atoms with Gasteiger partial charge in [0.25, 0.3) is 5.91 Å². The number of carbonyl (C=O) groups excluding carboxylic acids is 1. The molecule has 2 aromatic carbocycles. The van der Waals surface area contributed by atoms with Gasteiger partial charge in [0.05, 0.1) is 21.3 Å². The Morgan fingerprint density at radius 3 is 2.04 bits per heavy atom. The van der Waals surface area contributed by atoms with E-state index in [1.807, 2.05) is 6.92 Å². The van der Waals surface area contributed by atoms with Gasteiger partial charge in [0, 0.05) is 24.7 Å². The van der Waals surface area contributed by atoms with E-state index in [9.17, 15) is 9.18 Å². The van der Waals surface area contributed by atoms with Crippen molar-refractivity contribution in [3.63, 3.8) is 0 Å². The molecular weight excluding hydrogens is 325 g/mol. The predicted molar refractivity (Wildman–Crippen MR) is 93.0 cm³/mol. The summed E-state index contributed by atoms with van der Waals surface area (Å²) in [6.07, 6.45) is 0. The zero-order valence-corrected chi connectivity index (χ0v) is 15.1. The Labute approximate surface area is 146 Å². The molecule has 0 fully saturated rings. The number of hydrogen-bond donors (Lipinski definition) is 0. The van der Waals surface area contributed by atoms with Crippen LogP contribution in [0.25, 0.3) is 0 Å². The molecule has 0 heterocycles. The molecular formula is C19H22FNO4. The molecule has 0 N–H and O–H groups in total. The number of rotatable bonds is 6. The molecule has 0 saturated carbocycles. The van der Waals surface area contributed by atoms with E-state index in [1.165, 1.54) is 18.1 Å². The number of carbonyl (C=O) groups is 1. The third-order valence-electron chi connectivity index (χ3n) is 3.98. The van der Waals surface area contributed by atoms with Gasteiger partial charge in [-0.2, -0.15) is 0 Å². The maximum Gasteiger partial charge on any atom is 0.254 e. The van der Waals surface area contributed by atoms with Crippen LogP contribution in [0.2, 0.25) is 0 Å². The molecule has 0 radical (unpaired) electrons. The average molecular weight is 347 g/mol. The van der Waals surface area contributed by atoms with Crippen LogP contribution >= 0.6 is 0 Å². The van der Waals surface area contributed by atoms with E-state index in [2.05, 4.69) is 0 Å². The van der Waals surface area contributed by atoms with E-state index >= 15 is 0 Å². The van der Waals surface area contributed by atoms with E-state index in [-0.39, 0.29) is 18.2 Å². The first-order valence-electron chi connectivity index (χ1n) is 7.71. The summed E-state index contributed by atoms with van der Waals surface area (Å²) in [4.78, 5) is 14.2. The topological polar surface area (TPSA) is 48.0 Å². The fourth-order valence-corrected chi connectivity index (χ4v) is 2.58. The second kappa shape index (κ2) is 7.88. The Morgan fingerprint density at radius 1 is 1.00 bits per heavy atom. The van der Waals surface area contributed by atoms with Crippen LogP contribution < -0.4 is 14.2 Å². The van der Waals surface area contributed by atoms with Gasteiger partial charge >= 0.3 is 0 Å². The summed E-state index contributed by atoms with van der Waals surface area (Å²) in [7, 11) is 6.15. The number of nitrogens with zero attached hydrogens (tertiary/aromatic N) is 1. The van der Waals surface area contributed by atoms with E-state index in [4.69, 9.17) is 14.2 Å². The average Bonchev–Trinajstić information content (AvgIpc) is 2.61. The number of benzene rings is 2. The normalized spacial score (nSPS) is 10.3. The van der Waals surface area contributed by atoms with Crippen molar-refractivity contribution in [3.8, 4) is 17.2 Å². The molecule has 2 aromatic rings. The summed E-state index contributed by atoms with van der Waals surface area (Å²) >= 11 is 0.